The molecule has 4 heteroatoms. The molecule has 3 atom stereocenters. The lowest BCUT2D eigenvalue weighted by molar-refractivity contribution is 0.0331. The summed E-state index contributed by atoms with van der Waals surface area (Å²) in [6.07, 6.45) is 2.85. The van der Waals surface area contributed by atoms with Crippen LogP contribution in [-0.4, -0.2) is 26.4 Å². The van der Waals surface area contributed by atoms with Gasteiger partial charge < -0.3 is 14.8 Å². The number of nitrogens with one attached hydrogen (secondary N) is 1. The standard InChI is InChI=1S/C14H20BrNO2/c1-9-4-7-13(18-9)14(16-2)11-6-5-10(17-3)8-12(11)15/h5-6,8-9,13-14,16H,4,7H2,1-3H3. The Labute approximate surface area is 117 Å². The van der Waals surface area contributed by atoms with E-state index in [1.54, 1.807) is 7.11 Å². The third-order valence-electron chi connectivity index (χ3n) is 3.49. The molecule has 2 rings (SSSR count). The fourth-order valence-electron chi connectivity index (χ4n) is 2.51. The first kappa shape index (κ1) is 13.8. The molecule has 0 spiro atoms. The van der Waals surface area contributed by atoms with Crippen molar-refractivity contribution >= 4 is 15.9 Å². The molecule has 0 radical (unpaired) electrons. The van der Waals surface area contributed by atoms with Gasteiger partial charge in [0.05, 0.1) is 25.4 Å². The SMILES string of the molecule is CNC(c1ccc(OC)cc1Br)C1CCC(C)O1. The minimum absolute atomic E-state index is 0.218. The van der Waals surface area contributed by atoms with E-state index in [0.717, 1.165) is 23.1 Å². The van der Waals surface area contributed by atoms with E-state index in [2.05, 4.69) is 34.2 Å². The van der Waals surface area contributed by atoms with Gasteiger partial charge in [0.15, 0.2) is 0 Å². The number of hydrogen-bond acceptors (Lipinski definition) is 3. The van der Waals surface area contributed by atoms with Crippen LogP contribution in [0.4, 0.5) is 0 Å². The third-order valence-corrected chi connectivity index (χ3v) is 4.18. The highest BCUT2D eigenvalue weighted by Gasteiger charge is 2.30. The van der Waals surface area contributed by atoms with Crippen LogP contribution in [0.15, 0.2) is 22.7 Å². The summed E-state index contributed by atoms with van der Waals surface area (Å²) in [5.74, 6) is 0.862. The molecule has 1 aliphatic heterocycles. The summed E-state index contributed by atoms with van der Waals surface area (Å²) in [5, 5.41) is 3.36. The molecular formula is C14H20BrNO2. The van der Waals surface area contributed by atoms with Crippen LogP contribution in [0.3, 0.4) is 0 Å². The predicted molar refractivity (Wildman–Crippen MR) is 76.1 cm³/mol. The predicted octanol–water partition coefficient (Wildman–Crippen LogP) is 3.29. The topological polar surface area (TPSA) is 30.5 Å². The maximum atomic E-state index is 5.97. The van der Waals surface area contributed by atoms with Crippen molar-refractivity contribution in [1.29, 1.82) is 0 Å². The molecule has 0 aliphatic carbocycles. The van der Waals surface area contributed by atoms with Gasteiger partial charge in [-0.3, -0.25) is 0 Å². The number of rotatable bonds is 4. The van der Waals surface area contributed by atoms with Crippen LogP contribution in [0.1, 0.15) is 31.4 Å². The number of likely N-dealkylation sites (N-methyl/N-ethyl adjacent to an activating group) is 1. The second-order valence-corrected chi connectivity index (χ2v) is 5.57. The van der Waals surface area contributed by atoms with Crippen molar-refractivity contribution in [1.82, 2.24) is 5.32 Å². The molecule has 1 aromatic rings. The van der Waals surface area contributed by atoms with Gasteiger partial charge in [0.1, 0.15) is 5.75 Å². The molecule has 100 valence electrons. The highest BCUT2D eigenvalue weighted by molar-refractivity contribution is 9.10. The van der Waals surface area contributed by atoms with E-state index in [0.29, 0.717) is 6.10 Å². The van der Waals surface area contributed by atoms with Crippen molar-refractivity contribution in [2.45, 2.75) is 38.0 Å². The van der Waals surface area contributed by atoms with Gasteiger partial charge in [-0.25, -0.2) is 0 Å². The average Bonchev–Trinajstić information content (AvgIpc) is 2.78. The zero-order valence-corrected chi connectivity index (χ0v) is 12.7. The summed E-state index contributed by atoms with van der Waals surface area (Å²) in [4.78, 5) is 0. The Kier molecular flexibility index (Phi) is 4.65. The molecule has 0 aromatic heterocycles. The zero-order chi connectivity index (χ0) is 13.1. The molecule has 1 N–H and O–H groups in total. The number of benzene rings is 1. The maximum Gasteiger partial charge on any atom is 0.120 e. The van der Waals surface area contributed by atoms with Crippen LogP contribution in [0, 0.1) is 0 Å². The Hall–Kier alpha value is -0.580. The highest BCUT2D eigenvalue weighted by Crippen LogP contribution is 2.34. The molecule has 0 amide bonds. The van der Waals surface area contributed by atoms with Crippen LogP contribution >= 0.6 is 15.9 Å². The molecule has 0 saturated carbocycles. The lowest BCUT2D eigenvalue weighted by Gasteiger charge is -2.24. The van der Waals surface area contributed by atoms with E-state index in [-0.39, 0.29) is 12.1 Å². The first-order valence-corrected chi connectivity index (χ1v) is 7.11. The molecule has 1 saturated heterocycles. The fraction of sp³-hybridized carbons (Fsp3) is 0.571. The van der Waals surface area contributed by atoms with Gasteiger partial charge in [-0.1, -0.05) is 22.0 Å². The second kappa shape index (κ2) is 6.04. The third kappa shape index (κ3) is 2.87. The van der Waals surface area contributed by atoms with E-state index in [1.165, 1.54) is 5.56 Å². The van der Waals surface area contributed by atoms with Crippen LogP contribution < -0.4 is 10.1 Å². The Morgan fingerprint density at radius 2 is 2.22 bits per heavy atom. The summed E-state index contributed by atoms with van der Waals surface area (Å²) < 4.78 is 12.2. The van der Waals surface area contributed by atoms with Crippen molar-refractivity contribution in [3.63, 3.8) is 0 Å². The van der Waals surface area contributed by atoms with Crippen LogP contribution in [0.25, 0.3) is 0 Å². The molecule has 3 nitrogen and oxygen atoms in total. The normalized spacial score (nSPS) is 25.1. The van der Waals surface area contributed by atoms with Gasteiger partial charge in [0, 0.05) is 4.47 Å². The van der Waals surface area contributed by atoms with E-state index < -0.39 is 0 Å². The quantitative estimate of drug-likeness (QED) is 0.925. The molecule has 1 aromatic carbocycles. The fourth-order valence-corrected chi connectivity index (χ4v) is 3.11. The summed E-state index contributed by atoms with van der Waals surface area (Å²) in [7, 11) is 3.66. The molecule has 0 bridgehead atoms. The largest absolute Gasteiger partial charge is 0.497 e. The van der Waals surface area contributed by atoms with Crippen LogP contribution in [0.2, 0.25) is 0 Å². The lowest BCUT2D eigenvalue weighted by Crippen LogP contribution is -2.29. The summed E-state index contributed by atoms with van der Waals surface area (Å²) in [5.41, 5.74) is 1.22. The van der Waals surface area contributed by atoms with Crippen molar-refractivity contribution < 1.29 is 9.47 Å². The second-order valence-electron chi connectivity index (χ2n) is 4.72. The van der Waals surface area contributed by atoms with Crippen LogP contribution in [-0.2, 0) is 4.74 Å². The Bertz CT molecular complexity index is 411. The van der Waals surface area contributed by atoms with Crippen molar-refractivity contribution in [2.24, 2.45) is 0 Å². The first-order chi connectivity index (χ1) is 8.65. The smallest absolute Gasteiger partial charge is 0.120 e. The van der Waals surface area contributed by atoms with Gasteiger partial charge >= 0.3 is 0 Å². The maximum absolute atomic E-state index is 5.97. The average molecular weight is 314 g/mol. The lowest BCUT2D eigenvalue weighted by atomic mass is 9.99. The summed E-state index contributed by atoms with van der Waals surface area (Å²) >= 11 is 3.62. The van der Waals surface area contributed by atoms with Gasteiger partial charge in [-0.05, 0) is 44.5 Å². The van der Waals surface area contributed by atoms with E-state index in [9.17, 15) is 0 Å². The number of halogens is 1. The number of hydrogen-bond donors (Lipinski definition) is 1. The molecular weight excluding hydrogens is 294 g/mol. The highest BCUT2D eigenvalue weighted by atomic mass is 79.9. The van der Waals surface area contributed by atoms with Crippen molar-refractivity contribution in [3.05, 3.63) is 28.2 Å². The van der Waals surface area contributed by atoms with Gasteiger partial charge in [-0.15, -0.1) is 0 Å². The molecule has 18 heavy (non-hydrogen) atoms. The first-order valence-electron chi connectivity index (χ1n) is 6.32. The minimum atomic E-state index is 0.218. The molecule has 3 unspecified atom stereocenters. The van der Waals surface area contributed by atoms with E-state index in [1.807, 2.05) is 19.2 Å². The monoisotopic (exact) mass is 313 g/mol. The Morgan fingerprint density at radius 1 is 1.44 bits per heavy atom. The zero-order valence-electron chi connectivity index (χ0n) is 11.1. The Balaban J connectivity index is 2.22. The molecule has 1 aliphatic rings. The van der Waals surface area contributed by atoms with Crippen molar-refractivity contribution in [2.75, 3.05) is 14.2 Å². The minimum Gasteiger partial charge on any atom is -0.497 e. The Morgan fingerprint density at radius 3 is 2.72 bits per heavy atom. The summed E-state index contributed by atoms with van der Waals surface area (Å²) in [6, 6.07) is 6.30. The van der Waals surface area contributed by atoms with Gasteiger partial charge in [-0.2, -0.15) is 0 Å². The van der Waals surface area contributed by atoms with E-state index >= 15 is 0 Å². The molecule has 1 heterocycles. The van der Waals surface area contributed by atoms with Crippen LogP contribution in [0.5, 0.6) is 5.75 Å². The summed E-state index contributed by atoms with van der Waals surface area (Å²) in [6.45, 7) is 2.13. The van der Waals surface area contributed by atoms with Crippen molar-refractivity contribution in [3.8, 4) is 5.75 Å². The number of ether oxygens (including phenoxy) is 2. The van der Waals surface area contributed by atoms with Gasteiger partial charge in [0.2, 0.25) is 0 Å². The van der Waals surface area contributed by atoms with Gasteiger partial charge in [0.25, 0.3) is 0 Å². The van der Waals surface area contributed by atoms with E-state index in [4.69, 9.17) is 9.47 Å². The number of methoxy groups -OCH3 is 1. The molecule has 1 fully saturated rings.